The number of carbonyl (C=O) groups is 1. The van der Waals surface area contributed by atoms with Crippen LogP contribution in [0.2, 0.25) is 5.02 Å². The van der Waals surface area contributed by atoms with Crippen LogP contribution in [0.5, 0.6) is 5.75 Å². The normalized spacial score (nSPS) is 10.5. The van der Waals surface area contributed by atoms with E-state index >= 15 is 0 Å². The number of carbonyl (C=O) groups excluding carboxylic acids is 1. The van der Waals surface area contributed by atoms with Gasteiger partial charge in [-0.2, -0.15) is 0 Å². The van der Waals surface area contributed by atoms with Gasteiger partial charge < -0.3 is 10.1 Å². The van der Waals surface area contributed by atoms with Crippen LogP contribution in [0, 0.1) is 27.7 Å². The maximum atomic E-state index is 12.6. The van der Waals surface area contributed by atoms with E-state index in [1.54, 1.807) is 32.9 Å². The molecule has 1 amide bonds. The van der Waals surface area contributed by atoms with Gasteiger partial charge in [0, 0.05) is 11.1 Å². The fraction of sp³-hybridized carbons (Fsp3) is 0.312. The first kappa shape index (κ1) is 16.2. The van der Waals surface area contributed by atoms with Crippen LogP contribution in [0.1, 0.15) is 33.1 Å². The summed E-state index contributed by atoms with van der Waals surface area (Å²) >= 11 is 6.07. The summed E-state index contributed by atoms with van der Waals surface area (Å²) in [5.74, 6) is 0.883. The molecule has 0 unspecified atom stereocenters. The second-order valence-corrected chi connectivity index (χ2v) is 5.48. The molecular formula is C16H18ClN3O2. The lowest BCUT2D eigenvalue weighted by Crippen LogP contribution is -2.18. The molecule has 0 spiro atoms. The van der Waals surface area contributed by atoms with Gasteiger partial charge in [-0.05, 0) is 39.3 Å². The summed E-state index contributed by atoms with van der Waals surface area (Å²) in [6.07, 6.45) is 0. The molecule has 0 fully saturated rings. The van der Waals surface area contributed by atoms with Crippen molar-refractivity contribution in [3.05, 3.63) is 45.5 Å². The van der Waals surface area contributed by atoms with Crippen molar-refractivity contribution >= 4 is 23.2 Å². The van der Waals surface area contributed by atoms with Gasteiger partial charge in [-0.25, -0.2) is 9.97 Å². The fourth-order valence-corrected chi connectivity index (χ4v) is 2.48. The minimum absolute atomic E-state index is 0.268. The van der Waals surface area contributed by atoms with E-state index in [1.807, 2.05) is 6.92 Å². The van der Waals surface area contributed by atoms with Crippen LogP contribution in [0.4, 0.5) is 5.69 Å². The average molecular weight is 320 g/mol. The molecule has 5 nitrogen and oxygen atoms in total. The molecule has 2 rings (SSSR count). The lowest BCUT2D eigenvalue weighted by atomic mass is 10.1. The molecule has 0 saturated heterocycles. The van der Waals surface area contributed by atoms with Crippen molar-refractivity contribution in [1.82, 2.24) is 9.97 Å². The number of aromatic nitrogens is 2. The zero-order valence-corrected chi connectivity index (χ0v) is 14.0. The van der Waals surface area contributed by atoms with Gasteiger partial charge >= 0.3 is 0 Å². The Morgan fingerprint density at radius 3 is 2.27 bits per heavy atom. The Kier molecular flexibility index (Phi) is 4.66. The van der Waals surface area contributed by atoms with Gasteiger partial charge in [-0.3, -0.25) is 4.79 Å². The molecule has 116 valence electrons. The summed E-state index contributed by atoms with van der Waals surface area (Å²) in [7, 11) is 1.53. The number of methoxy groups -OCH3 is 1. The first-order valence-electron chi connectivity index (χ1n) is 6.80. The summed E-state index contributed by atoms with van der Waals surface area (Å²) in [5.41, 5.74) is 3.18. The third kappa shape index (κ3) is 3.20. The largest absolute Gasteiger partial charge is 0.495 e. The smallest absolute Gasteiger partial charge is 0.259 e. The van der Waals surface area contributed by atoms with Crippen LogP contribution in [0.25, 0.3) is 0 Å². The standard InChI is InChI=1S/C16H18ClN3O2/c1-8-6-13(14(22-5)7-12(8)17)20-16(21)15-9(2)18-11(4)19-10(15)3/h6-7H,1-5H3,(H,20,21). The number of halogens is 1. The van der Waals surface area contributed by atoms with Crippen LogP contribution in [-0.4, -0.2) is 23.0 Å². The zero-order valence-electron chi connectivity index (χ0n) is 13.2. The van der Waals surface area contributed by atoms with Gasteiger partial charge in [0.25, 0.3) is 5.91 Å². The molecule has 0 aliphatic rings. The predicted molar refractivity (Wildman–Crippen MR) is 86.9 cm³/mol. The molecular weight excluding hydrogens is 302 g/mol. The van der Waals surface area contributed by atoms with Crippen molar-refractivity contribution in [2.75, 3.05) is 12.4 Å². The molecule has 0 radical (unpaired) electrons. The molecule has 0 saturated carbocycles. The first-order valence-corrected chi connectivity index (χ1v) is 7.18. The van der Waals surface area contributed by atoms with Crippen LogP contribution >= 0.6 is 11.6 Å². The number of hydrogen-bond acceptors (Lipinski definition) is 4. The monoisotopic (exact) mass is 319 g/mol. The van der Waals surface area contributed by atoms with Gasteiger partial charge in [0.05, 0.1) is 29.7 Å². The summed E-state index contributed by atoms with van der Waals surface area (Å²) in [5, 5.41) is 3.43. The summed E-state index contributed by atoms with van der Waals surface area (Å²) in [6.45, 7) is 7.25. The van der Waals surface area contributed by atoms with Crippen molar-refractivity contribution in [3.8, 4) is 5.75 Å². The summed E-state index contributed by atoms with van der Waals surface area (Å²) < 4.78 is 5.27. The highest BCUT2D eigenvalue weighted by Crippen LogP contribution is 2.31. The number of amides is 1. The molecule has 1 aromatic heterocycles. The Balaban J connectivity index is 2.40. The van der Waals surface area contributed by atoms with Gasteiger partial charge in [0.2, 0.25) is 0 Å². The van der Waals surface area contributed by atoms with Crippen molar-refractivity contribution in [2.45, 2.75) is 27.7 Å². The number of nitrogens with one attached hydrogen (secondary N) is 1. The maximum absolute atomic E-state index is 12.6. The zero-order chi connectivity index (χ0) is 16.4. The van der Waals surface area contributed by atoms with E-state index < -0.39 is 0 Å². The van der Waals surface area contributed by atoms with E-state index in [9.17, 15) is 4.79 Å². The minimum atomic E-state index is -0.268. The molecule has 2 aromatic rings. The Morgan fingerprint density at radius 2 is 1.73 bits per heavy atom. The Bertz CT molecular complexity index is 721. The molecule has 0 bridgehead atoms. The van der Waals surface area contributed by atoms with E-state index in [0.29, 0.717) is 39.2 Å². The average Bonchev–Trinajstić information content (AvgIpc) is 2.41. The number of benzene rings is 1. The Labute approximate surface area is 134 Å². The number of aryl methyl sites for hydroxylation is 4. The molecule has 0 atom stereocenters. The number of ether oxygens (including phenoxy) is 1. The van der Waals surface area contributed by atoms with Crippen LogP contribution < -0.4 is 10.1 Å². The number of rotatable bonds is 3. The number of anilines is 1. The second kappa shape index (κ2) is 6.32. The summed E-state index contributed by atoms with van der Waals surface area (Å²) in [6, 6.07) is 3.45. The molecule has 0 aliphatic heterocycles. The Hall–Kier alpha value is -2.14. The third-order valence-corrected chi connectivity index (χ3v) is 3.75. The van der Waals surface area contributed by atoms with Crippen LogP contribution in [0.3, 0.4) is 0 Å². The third-order valence-electron chi connectivity index (χ3n) is 3.34. The molecule has 1 heterocycles. The van der Waals surface area contributed by atoms with Crippen LogP contribution in [-0.2, 0) is 0 Å². The van der Waals surface area contributed by atoms with Crippen molar-refractivity contribution in [2.24, 2.45) is 0 Å². The lowest BCUT2D eigenvalue weighted by Gasteiger charge is -2.14. The molecule has 1 N–H and O–H groups in total. The highest BCUT2D eigenvalue weighted by molar-refractivity contribution is 6.31. The lowest BCUT2D eigenvalue weighted by molar-refractivity contribution is 0.102. The minimum Gasteiger partial charge on any atom is -0.495 e. The molecule has 22 heavy (non-hydrogen) atoms. The van der Waals surface area contributed by atoms with E-state index in [-0.39, 0.29) is 5.91 Å². The van der Waals surface area contributed by atoms with Gasteiger partial charge in [-0.1, -0.05) is 11.6 Å². The van der Waals surface area contributed by atoms with Gasteiger partial charge in [0.15, 0.2) is 0 Å². The second-order valence-electron chi connectivity index (χ2n) is 5.07. The quantitative estimate of drug-likeness (QED) is 0.938. The van der Waals surface area contributed by atoms with Gasteiger partial charge in [-0.15, -0.1) is 0 Å². The highest BCUT2D eigenvalue weighted by atomic mass is 35.5. The summed E-state index contributed by atoms with van der Waals surface area (Å²) in [4.78, 5) is 21.0. The van der Waals surface area contributed by atoms with Crippen molar-refractivity contribution in [3.63, 3.8) is 0 Å². The number of nitrogens with zero attached hydrogens (tertiary/aromatic N) is 2. The highest BCUT2D eigenvalue weighted by Gasteiger charge is 2.17. The number of hydrogen-bond donors (Lipinski definition) is 1. The molecule has 0 aliphatic carbocycles. The van der Waals surface area contributed by atoms with E-state index in [2.05, 4.69) is 15.3 Å². The SMILES string of the molecule is COc1cc(Cl)c(C)cc1NC(=O)c1c(C)nc(C)nc1C. The maximum Gasteiger partial charge on any atom is 0.259 e. The predicted octanol–water partition coefficient (Wildman–Crippen LogP) is 3.62. The van der Waals surface area contributed by atoms with E-state index in [0.717, 1.165) is 5.56 Å². The van der Waals surface area contributed by atoms with E-state index in [4.69, 9.17) is 16.3 Å². The van der Waals surface area contributed by atoms with Crippen molar-refractivity contribution in [1.29, 1.82) is 0 Å². The topological polar surface area (TPSA) is 64.1 Å². The molecule has 1 aromatic carbocycles. The van der Waals surface area contributed by atoms with Gasteiger partial charge in [0.1, 0.15) is 11.6 Å². The van der Waals surface area contributed by atoms with Crippen molar-refractivity contribution < 1.29 is 9.53 Å². The first-order chi connectivity index (χ1) is 10.3. The fourth-order valence-electron chi connectivity index (χ4n) is 2.33. The van der Waals surface area contributed by atoms with E-state index in [1.165, 1.54) is 7.11 Å². The Morgan fingerprint density at radius 1 is 1.14 bits per heavy atom. The van der Waals surface area contributed by atoms with Crippen LogP contribution in [0.15, 0.2) is 12.1 Å². The molecule has 6 heteroatoms.